The lowest BCUT2D eigenvalue weighted by Crippen LogP contribution is -2.36. The van der Waals surface area contributed by atoms with E-state index in [0.717, 1.165) is 40.7 Å². The molecule has 0 fully saturated rings. The number of para-hydroxylation sites is 1. The lowest BCUT2D eigenvalue weighted by molar-refractivity contribution is 0.145. The topological polar surface area (TPSA) is 64.1 Å². The number of nitrogens with one attached hydrogen (secondary N) is 2. The molecule has 0 saturated heterocycles. The van der Waals surface area contributed by atoms with Crippen molar-refractivity contribution in [3.8, 4) is 11.5 Å². The van der Waals surface area contributed by atoms with Gasteiger partial charge < -0.3 is 24.8 Å². The molecule has 2 N–H and O–H groups in total. The Kier molecular flexibility index (Phi) is 12.1. The largest absolute Gasteiger partial charge is 0.496 e. The van der Waals surface area contributed by atoms with E-state index in [0.29, 0.717) is 26.3 Å². The van der Waals surface area contributed by atoms with Crippen molar-refractivity contribution in [3.63, 3.8) is 0 Å². The van der Waals surface area contributed by atoms with Crippen LogP contribution in [0, 0.1) is 6.92 Å². The monoisotopic (exact) mass is 513 g/mol. The van der Waals surface area contributed by atoms with Gasteiger partial charge in [0.15, 0.2) is 5.96 Å². The number of guanidine groups is 1. The Hall–Kier alpha value is -2.00. The van der Waals surface area contributed by atoms with Crippen LogP contribution in [-0.4, -0.2) is 39.9 Å². The maximum Gasteiger partial charge on any atom is 0.191 e. The quantitative estimate of drug-likeness (QED) is 0.219. The van der Waals surface area contributed by atoms with Crippen LogP contribution in [0.1, 0.15) is 23.6 Å². The third-order valence-corrected chi connectivity index (χ3v) is 4.16. The molecule has 0 unspecified atom stereocenters. The van der Waals surface area contributed by atoms with Gasteiger partial charge in [0.2, 0.25) is 0 Å². The highest BCUT2D eigenvalue weighted by Gasteiger charge is 2.07. The van der Waals surface area contributed by atoms with E-state index in [2.05, 4.69) is 34.7 Å². The lowest BCUT2D eigenvalue weighted by atomic mass is 10.1. The molecular weight excluding hydrogens is 481 g/mol. The summed E-state index contributed by atoms with van der Waals surface area (Å²) in [6, 6.07) is 14.1. The van der Waals surface area contributed by atoms with E-state index in [1.54, 1.807) is 14.2 Å². The molecule has 160 valence electrons. The van der Waals surface area contributed by atoms with Crippen LogP contribution in [0.15, 0.2) is 47.5 Å². The smallest absolute Gasteiger partial charge is 0.191 e. The predicted molar refractivity (Wildman–Crippen MR) is 129 cm³/mol. The molecule has 0 bridgehead atoms. The predicted octanol–water partition coefficient (Wildman–Crippen LogP) is 3.90. The van der Waals surface area contributed by atoms with Gasteiger partial charge in [-0.1, -0.05) is 30.3 Å². The highest BCUT2D eigenvalue weighted by molar-refractivity contribution is 14.0. The second-order valence-electron chi connectivity index (χ2n) is 6.31. The Morgan fingerprint density at radius 1 is 0.966 bits per heavy atom. The maximum atomic E-state index is 5.87. The Morgan fingerprint density at radius 2 is 1.76 bits per heavy atom. The SMILES string of the molecule is CCNC(=NCc1ccccc1OC)NCc1ccc(C)cc1OCCOC.I. The summed E-state index contributed by atoms with van der Waals surface area (Å²) in [5, 5.41) is 6.66. The summed E-state index contributed by atoms with van der Waals surface area (Å²) in [6.45, 7) is 7.11. The molecule has 2 aromatic rings. The van der Waals surface area contributed by atoms with Crippen molar-refractivity contribution in [2.24, 2.45) is 4.99 Å². The standard InChI is InChI=1S/C22H31N3O3.HI/c1-5-23-22(24-15-18-8-6-7-9-20(18)27-4)25-16-19-11-10-17(2)14-21(19)28-13-12-26-3;/h6-11,14H,5,12-13,15-16H2,1-4H3,(H2,23,24,25);1H. The maximum absolute atomic E-state index is 5.87. The molecule has 0 spiro atoms. The second kappa shape index (κ2) is 14.1. The summed E-state index contributed by atoms with van der Waals surface area (Å²) < 4.78 is 16.3. The van der Waals surface area contributed by atoms with Gasteiger partial charge in [0.1, 0.15) is 18.1 Å². The Balaban J connectivity index is 0.00000420. The minimum atomic E-state index is 0. The van der Waals surface area contributed by atoms with Gasteiger partial charge in [-0.25, -0.2) is 4.99 Å². The van der Waals surface area contributed by atoms with Crippen LogP contribution < -0.4 is 20.1 Å². The lowest BCUT2D eigenvalue weighted by Gasteiger charge is -2.15. The average molecular weight is 513 g/mol. The summed E-state index contributed by atoms with van der Waals surface area (Å²) in [6.07, 6.45) is 0. The molecular formula is C22H32IN3O3. The fraction of sp³-hybridized carbons (Fsp3) is 0.409. The van der Waals surface area contributed by atoms with Crippen molar-refractivity contribution < 1.29 is 14.2 Å². The van der Waals surface area contributed by atoms with Gasteiger partial charge in [0.05, 0.1) is 20.3 Å². The minimum absolute atomic E-state index is 0. The third kappa shape index (κ3) is 8.49. The van der Waals surface area contributed by atoms with Crippen LogP contribution in [0.5, 0.6) is 11.5 Å². The molecule has 0 atom stereocenters. The van der Waals surface area contributed by atoms with E-state index < -0.39 is 0 Å². The first kappa shape index (κ1) is 25.0. The summed E-state index contributed by atoms with van der Waals surface area (Å²) >= 11 is 0. The zero-order valence-corrected chi connectivity index (χ0v) is 20.0. The summed E-state index contributed by atoms with van der Waals surface area (Å²) in [4.78, 5) is 4.68. The Bertz CT molecular complexity index is 769. The summed E-state index contributed by atoms with van der Waals surface area (Å²) in [7, 11) is 3.34. The average Bonchev–Trinajstić information content (AvgIpc) is 2.71. The summed E-state index contributed by atoms with van der Waals surface area (Å²) in [5.74, 6) is 2.46. The number of benzene rings is 2. The second-order valence-corrected chi connectivity index (χ2v) is 6.31. The van der Waals surface area contributed by atoms with Crippen molar-refractivity contribution in [2.45, 2.75) is 26.9 Å². The highest BCUT2D eigenvalue weighted by Crippen LogP contribution is 2.21. The molecule has 7 heteroatoms. The Labute approximate surface area is 191 Å². The van der Waals surface area contributed by atoms with Gasteiger partial charge in [0.25, 0.3) is 0 Å². The number of rotatable bonds is 10. The molecule has 29 heavy (non-hydrogen) atoms. The van der Waals surface area contributed by atoms with Gasteiger partial charge in [-0.05, 0) is 31.5 Å². The summed E-state index contributed by atoms with van der Waals surface area (Å²) in [5.41, 5.74) is 3.28. The van der Waals surface area contributed by atoms with Crippen LogP contribution in [0.2, 0.25) is 0 Å². The van der Waals surface area contributed by atoms with Gasteiger partial charge in [-0.15, -0.1) is 24.0 Å². The molecule has 2 aromatic carbocycles. The van der Waals surface area contributed by atoms with Crippen molar-refractivity contribution in [3.05, 3.63) is 59.2 Å². The number of aryl methyl sites for hydroxylation is 1. The fourth-order valence-electron chi connectivity index (χ4n) is 2.70. The van der Waals surface area contributed by atoms with Crippen LogP contribution >= 0.6 is 24.0 Å². The molecule has 0 saturated carbocycles. The number of halogens is 1. The Morgan fingerprint density at radius 3 is 2.48 bits per heavy atom. The van der Waals surface area contributed by atoms with Crippen LogP contribution in [0.25, 0.3) is 0 Å². The van der Waals surface area contributed by atoms with Crippen LogP contribution in [0.3, 0.4) is 0 Å². The zero-order chi connectivity index (χ0) is 20.2. The zero-order valence-electron chi connectivity index (χ0n) is 17.7. The van der Waals surface area contributed by atoms with Gasteiger partial charge in [-0.2, -0.15) is 0 Å². The van der Waals surface area contributed by atoms with E-state index in [-0.39, 0.29) is 24.0 Å². The van der Waals surface area contributed by atoms with E-state index >= 15 is 0 Å². The molecule has 0 aliphatic carbocycles. The van der Waals surface area contributed by atoms with Crippen molar-refractivity contribution in [1.82, 2.24) is 10.6 Å². The van der Waals surface area contributed by atoms with E-state index in [4.69, 9.17) is 14.2 Å². The first-order chi connectivity index (χ1) is 13.7. The van der Waals surface area contributed by atoms with Crippen molar-refractivity contribution >= 4 is 29.9 Å². The molecule has 0 aliphatic heterocycles. The number of hydrogen-bond acceptors (Lipinski definition) is 4. The van der Waals surface area contributed by atoms with Gasteiger partial charge in [-0.3, -0.25) is 0 Å². The van der Waals surface area contributed by atoms with Crippen molar-refractivity contribution in [1.29, 1.82) is 0 Å². The molecule has 0 amide bonds. The van der Waals surface area contributed by atoms with Crippen LogP contribution in [0.4, 0.5) is 0 Å². The van der Waals surface area contributed by atoms with E-state index in [1.807, 2.05) is 37.3 Å². The molecule has 0 aliphatic rings. The molecule has 6 nitrogen and oxygen atoms in total. The first-order valence-electron chi connectivity index (χ1n) is 9.53. The first-order valence-corrected chi connectivity index (χ1v) is 9.53. The fourth-order valence-corrected chi connectivity index (χ4v) is 2.70. The number of ether oxygens (including phenoxy) is 3. The van der Waals surface area contributed by atoms with Crippen molar-refractivity contribution in [2.75, 3.05) is 34.0 Å². The highest BCUT2D eigenvalue weighted by atomic mass is 127. The number of aliphatic imine (C=N–C) groups is 1. The number of hydrogen-bond donors (Lipinski definition) is 2. The molecule has 0 heterocycles. The number of nitrogens with zero attached hydrogens (tertiary/aromatic N) is 1. The normalized spacial score (nSPS) is 10.8. The minimum Gasteiger partial charge on any atom is -0.496 e. The van der Waals surface area contributed by atoms with E-state index in [9.17, 15) is 0 Å². The van der Waals surface area contributed by atoms with Gasteiger partial charge >= 0.3 is 0 Å². The molecule has 2 rings (SSSR count). The number of methoxy groups -OCH3 is 2. The molecule has 0 radical (unpaired) electrons. The molecule has 0 aromatic heterocycles. The van der Waals surface area contributed by atoms with E-state index in [1.165, 1.54) is 0 Å². The van der Waals surface area contributed by atoms with Crippen LogP contribution in [-0.2, 0) is 17.8 Å². The third-order valence-electron chi connectivity index (χ3n) is 4.16. The van der Waals surface area contributed by atoms with Gasteiger partial charge in [0, 0.05) is 31.3 Å².